The van der Waals surface area contributed by atoms with Crippen LogP contribution in [0.3, 0.4) is 0 Å². The fraction of sp³-hybridized carbons (Fsp3) is 0. The predicted molar refractivity (Wildman–Crippen MR) is 277 cm³/mol. The monoisotopic (exact) mass is 732 g/mol. The summed E-state index contributed by atoms with van der Waals surface area (Å²) < 4.78 is 4.94. The Morgan fingerprint density at radius 1 is 0.310 bits per heavy atom. The zero-order chi connectivity index (χ0) is 40.0. The van der Waals surface area contributed by atoms with Crippen LogP contribution in [-0.2, 0) is 0 Å². The molecule has 0 spiro atoms. The number of para-hydroxylation sites is 2. The van der Waals surface area contributed by atoms with Gasteiger partial charge < -0.3 is 9.13 Å². The van der Waals surface area contributed by atoms with Crippen molar-refractivity contribution in [1.82, 2.24) is 9.13 Å². The maximum atomic E-state index is 2.52. The number of fused-ring (bicyclic) bond motifs is 6. The summed E-state index contributed by atoms with van der Waals surface area (Å²) >= 11 is 0. The molecule has 58 heavy (non-hydrogen) atoms. The minimum absolute atomic E-state index is 1.16. The smallest absolute Gasteiger partial charge is 0.141 e. The zero-order valence-electron chi connectivity index (χ0n) is 34.8. The molecule has 8 aromatic carbocycles. The molecule has 2 heterocycles. The third-order valence-corrected chi connectivity index (χ3v) is 13.5. The molecular weight excluding hydrogens is 691 g/mol. The molecule has 0 aliphatic rings. The first-order valence-electron chi connectivity index (χ1n) is 20.5. The number of aromatic nitrogens is 2. The van der Waals surface area contributed by atoms with E-state index in [4.69, 9.17) is 0 Å². The minimum atomic E-state index is 1.16. The molecule has 0 amide bonds. The highest BCUT2D eigenvalue weighted by Gasteiger charge is 2.25. The second-order valence-electron chi connectivity index (χ2n) is 16.3. The maximum Gasteiger partial charge on any atom is 0.141 e. The van der Waals surface area contributed by atoms with Crippen molar-refractivity contribution in [2.75, 3.05) is 0 Å². The third-order valence-electron chi connectivity index (χ3n) is 13.5. The van der Waals surface area contributed by atoms with Gasteiger partial charge in [0.15, 0.2) is 0 Å². The summed E-state index contributed by atoms with van der Waals surface area (Å²) in [6.07, 6.45) is 0. The second kappa shape index (κ2) is 13.8. The third kappa shape index (κ3) is 5.31. The van der Waals surface area contributed by atoms with Gasteiger partial charge in [-0.1, -0.05) is 124 Å². The standard InChI is InChI=1S/C48H40B8N2/c49-40-36(27-20-23-34-32(24-27)30-14-7-8-16-33(30)57(34)29-21-18-26(19-22-29)25-10-3-1-4-11-25)41(50)47(56)48-39(40)37-31(38-42(51)44(53)46(55)45(54)43(38)52)15-9-17-35(37)58(48)28-12-5-2-6-13-28/h1-24H,49-56H2. The lowest BCUT2D eigenvalue weighted by molar-refractivity contribution is 1.18. The molecule has 0 saturated carbocycles. The predicted octanol–water partition coefficient (Wildman–Crippen LogP) is -1.05. The number of nitrogens with zero attached hydrogens (tertiary/aromatic N) is 2. The average Bonchev–Trinajstić information content (AvgIpc) is 3.79. The molecule has 2 nitrogen and oxygen atoms in total. The van der Waals surface area contributed by atoms with Gasteiger partial charge in [0.2, 0.25) is 0 Å². The summed E-state index contributed by atoms with van der Waals surface area (Å²) in [6.45, 7) is 0. The summed E-state index contributed by atoms with van der Waals surface area (Å²) in [5, 5.41) is 5.19. The topological polar surface area (TPSA) is 9.86 Å². The van der Waals surface area contributed by atoms with Crippen LogP contribution in [0.5, 0.6) is 0 Å². The highest BCUT2D eigenvalue weighted by atomic mass is 15.0. The van der Waals surface area contributed by atoms with Crippen LogP contribution in [0.4, 0.5) is 0 Å². The zero-order valence-corrected chi connectivity index (χ0v) is 34.8. The van der Waals surface area contributed by atoms with Crippen LogP contribution in [0.1, 0.15) is 0 Å². The minimum Gasteiger partial charge on any atom is -0.310 e. The van der Waals surface area contributed by atoms with Crippen molar-refractivity contribution in [3.05, 3.63) is 146 Å². The van der Waals surface area contributed by atoms with Crippen LogP contribution in [0.15, 0.2) is 146 Å². The number of hydrogen-bond donors (Lipinski definition) is 0. The molecule has 266 valence electrons. The Hall–Kier alpha value is -6.12. The molecule has 10 heteroatoms. The fourth-order valence-electron chi connectivity index (χ4n) is 10.1. The van der Waals surface area contributed by atoms with Crippen molar-refractivity contribution in [3.8, 4) is 44.8 Å². The first-order valence-corrected chi connectivity index (χ1v) is 20.5. The summed E-state index contributed by atoms with van der Waals surface area (Å²) in [4.78, 5) is 0. The number of benzene rings is 8. The van der Waals surface area contributed by atoms with Crippen molar-refractivity contribution in [2.45, 2.75) is 0 Å². The van der Waals surface area contributed by atoms with E-state index < -0.39 is 0 Å². The Kier molecular flexibility index (Phi) is 8.60. The molecule has 10 aromatic rings. The molecule has 0 aliphatic carbocycles. The van der Waals surface area contributed by atoms with Gasteiger partial charge in [0.05, 0.1) is 16.6 Å². The van der Waals surface area contributed by atoms with Gasteiger partial charge in [-0.15, -0.1) is 16.4 Å². The summed E-state index contributed by atoms with van der Waals surface area (Å²) in [5.41, 5.74) is 25.9. The lowest BCUT2D eigenvalue weighted by atomic mass is 9.59. The van der Waals surface area contributed by atoms with E-state index in [0.29, 0.717) is 0 Å². The van der Waals surface area contributed by atoms with Crippen LogP contribution < -0.4 is 43.7 Å². The Morgan fingerprint density at radius 3 is 1.55 bits per heavy atom. The quantitative estimate of drug-likeness (QED) is 0.200. The van der Waals surface area contributed by atoms with E-state index in [-0.39, 0.29) is 0 Å². The highest BCUT2D eigenvalue weighted by Crippen LogP contribution is 2.39. The highest BCUT2D eigenvalue weighted by molar-refractivity contribution is 6.69. The van der Waals surface area contributed by atoms with E-state index in [1.54, 1.807) is 0 Å². The molecular formula is C48H40B8N2. The first kappa shape index (κ1) is 36.2. The lowest BCUT2D eigenvalue weighted by Gasteiger charge is -2.22. The molecule has 0 aliphatic heterocycles. The van der Waals surface area contributed by atoms with E-state index >= 15 is 0 Å². The normalized spacial score (nSPS) is 11.7. The first-order chi connectivity index (χ1) is 28.2. The van der Waals surface area contributed by atoms with Gasteiger partial charge in [0, 0.05) is 38.4 Å². The van der Waals surface area contributed by atoms with Crippen LogP contribution in [-0.4, -0.2) is 71.9 Å². The molecule has 2 aromatic heterocycles. The van der Waals surface area contributed by atoms with Crippen LogP contribution in [0.25, 0.3) is 88.4 Å². The summed E-state index contributed by atoms with van der Waals surface area (Å²) in [7, 11) is 18.5. The van der Waals surface area contributed by atoms with Crippen LogP contribution >= 0.6 is 0 Å². The van der Waals surface area contributed by atoms with Crippen molar-refractivity contribution in [1.29, 1.82) is 0 Å². The number of rotatable bonds is 5. The van der Waals surface area contributed by atoms with Gasteiger partial charge in [-0.05, 0) is 81.9 Å². The fourth-order valence-corrected chi connectivity index (χ4v) is 10.1. The SMILES string of the molecule is Bc1c(B)c(B)c(-c2cccc3c2c2c(B)c(-c4ccc5c(c4)c4ccccc4n5-c4ccc(-c5ccccc5)cc4)c(B)c(B)c2n3-c2ccccc2)c(B)c1B. The molecule has 0 bridgehead atoms. The van der Waals surface area contributed by atoms with Crippen molar-refractivity contribution in [2.24, 2.45) is 0 Å². The summed E-state index contributed by atoms with van der Waals surface area (Å²) in [5.74, 6) is 0. The molecule has 0 N–H and O–H groups in total. The van der Waals surface area contributed by atoms with E-state index in [1.165, 1.54) is 126 Å². The van der Waals surface area contributed by atoms with Crippen molar-refractivity contribution >= 4 is 150 Å². The van der Waals surface area contributed by atoms with Crippen molar-refractivity contribution < 1.29 is 0 Å². The average molecular weight is 731 g/mol. The van der Waals surface area contributed by atoms with Crippen LogP contribution in [0, 0.1) is 0 Å². The van der Waals surface area contributed by atoms with E-state index in [9.17, 15) is 0 Å². The van der Waals surface area contributed by atoms with E-state index in [1.807, 2.05) is 0 Å². The van der Waals surface area contributed by atoms with Gasteiger partial charge in [0.1, 0.15) is 62.8 Å². The number of hydrogen-bond acceptors (Lipinski definition) is 0. The Labute approximate surface area is 347 Å². The lowest BCUT2D eigenvalue weighted by Crippen LogP contribution is -2.55. The van der Waals surface area contributed by atoms with Crippen molar-refractivity contribution in [3.63, 3.8) is 0 Å². The molecule has 0 unspecified atom stereocenters. The Balaban J connectivity index is 1.25. The Morgan fingerprint density at radius 2 is 0.845 bits per heavy atom. The molecule has 10 rings (SSSR count). The maximum absolute atomic E-state index is 2.52. The summed E-state index contributed by atoms with van der Waals surface area (Å²) in [6, 6.07) is 53.5. The largest absolute Gasteiger partial charge is 0.310 e. The van der Waals surface area contributed by atoms with Gasteiger partial charge in [-0.25, -0.2) is 0 Å². The van der Waals surface area contributed by atoms with E-state index in [2.05, 4.69) is 217 Å². The van der Waals surface area contributed by atoms with Gasteiger partial charge >= 0.3 is 0 Å². The molecule has 0 radical (unpaired) electrons. The van der Waals surface area contributed by atoms with E-state index in [0.717, 1.165) is 5.69 Å². The Bertz CT molecular complexity index is 3270. The second-order valence-corrected chi connectivity index (χ2v) is 16.3. The van der Waals surface area contributed by atoms with Crippen LogP contribution in [0.2, 0.25) is 0 Å². The van der Waals surface area contributed by atoms with Gasteiger partial charge in [0.25, 0.3) is 0 Å². The molecule has 0 atom stereocenters. The van der Waals surface area contributed by atoms with Gasteiger partial charge in [-0.3, -0.25) is 0 Å². The van der Waals surface area contributed by atoms with Gasteiger partial charge in [-0.2, -0.15) is 0 Å². The molecule has 0 fully saturated rings. The molecule has 0 saturated heterocycles.